The fourth-order valence-corrected chi connectivity index (χ4v) is 3.01. The van der Waals surface area contributed by atoms with Gasteiger partial charge in [0.2, 0.25) is 11.6 Å². The van der Waals surface area contributed by atoms with E-state index in [0.717, 1.165) is 0 Å². The van der Waals surface area contributed by atoms with Crippen molar-refractivity contribution in [3.05, 3.63) is 44.8 Å². The van der Waals surface area contributed by atoms with Gasteiger partial charge >= 0.3 is 5.97 Å². The lowest BCUT2D eigenvalue weighted by Crippen LogP contribution is -2.11. The number of aromatic nitrogens is 2. The van der Waals surface area contributed by atoms with Crippen LogP contribution in [0.2, 0.25) is 0 Å². The van der Waals surface area contributed by atoms with E-state index >= 15 is 0 Å². The topological polar surface area (TPSA) is 104 Å². The Morgan fingerprint density at radius 3 is 2.68 bits per heavy atom. The van der Waals surface area contributed by atoms with Gasteiger partial charge in [-0.05, 0) is 35.4 Å². The van der Waals surface area contributed by atoms with Gasteiger partial charge in [0, 0.05) is 6.07 Å². The van der Waals surface area contributed by atoms with Crippen molar-refractivity contribution in [1.82, 2.24) is 9.97 Å². The lowest BCUT2D eigenvalue weighted by Gasteiger charge is -2.09. The van der Waals surface area contributed by atoms with Crippen molar-refractivity contribution >= 4 is 34.0 Å². The number of fused-ring (bicyclic) bond motifs is 1. The first-order valence-corrected chi connectivity index (χ1v) is 8.23. The third-order valence-electron chi connectivity index (χ3n) is 3.44. The van der Waals surface area contributed by atoms with Gasteiger partial charge in [0.05, 0.1) is 35.2 Å². The van der Waals surface area contributed by atoms with Gasteiger partial charge in [-0.1, -0.05) is 0 Å². The second-order valence-electron chi connectivity index (χ2n) is 4.93. The van der Waals surface area contributed by atoms with E-state index in [1.165, 1.54) is 24.5 Å². The van der Waals surface area contributed by atoms with Gasteiger partial charge in [0.1, 0.15) is 0 Å². The van der Waals surface area contributed by atoms with Crippen LogP contribution in [0.1, 0.15) is 17.4 Å². The summed E-state index contributed by atoms with van der Waals surface area (Å²) < 4.78 is 10.0. The Kier molecular flexibility index (Phi) is 4.57. The van der Waals surface area contributed by atoms with Gasteiger partial charge in [-0.15, -0.1) is 0 Å². The van der Waals surface area contributed by atoms with Gasteiger partial charge in [-0.25, -0.2) is 14.8 Å². The highest BCUT2D eigenvalue weighted by molar-refractivity contribution is 7.08. The quantitative estimate of drug-likeness (QED) is 0.390. The molecule has 0 amide bonds. The second-order valence-corrected chi connectivity index (χ2v) is 5.71. The summed E-state index contributed by atoms with van der Waals surface area (Å²) in [6.45, 7) is 1.86. The second kappa shape index (κ2) is 6.81. The minimum atomic E-state index is -0.663. The van der Waals surface area contributed by atoms with E-state index in [-0.39, 0.29) is 29.4 Å². The monoisotopic (exact) mass is 359 g/mol. The van der Waals surface area contributed by atoms with Crippen LogP contribution in [0.4, 0.5) is 5.69 Å². The third-order valence-corrected chi connectivity index (χ3v) is 4.12. The van der Waals surface area contributed by atoms with Gasteiger partial charge < -0.3 is 9.47 Å². The van der Waals surface area contributed by atoms with Gasteiger partial charge in [-0.2, -0.15) is 11.3 Å². The molecule has 0 fully saturated rings. The number of esters is 1. The van der Waals surface area contributed by atoms with Crippen LogP contribution in [0, 0.1) is 10.1 Å². The Hall–Kier alpha value is -3.07. The lowest BCUT2D eigenvalue weighted by atomic mass is 10.1. The van der Waals surface area contributed by atoms with Crippen molar-refractivity contribution in [3.63, 3.8) is 0 Å². The molecule has 3 rings (SSSR count). The standard InChI is InChI=1S/C16H13N3O5S/c1-3-24-16(20)14-15(23-2)18-12-7-13(19(21)22)10(6-11(12)17-14)9-4-5-25-8-9/h4-8H,3H2,1-2H3. The number of thiophene rings is 1. The van der Waals surface area contributed by atoms with Crippen LogP contribution in [0.5, 0.6) is 5.88 Å². The summed E-state index contributed by atoms with van der Waals surface area (Å²) in [5.41, 5.74) is 1.56. The molecule has 8 nitrogen and oxygen atoms in total. The van der Waals surface area contributed by atoms with Crippen molar-refractivity contribution < 1.29 is 19.2 Å². The fraction of sp³-hybridized carbons (Fsp3) is 0.188. The predicted octanol–water partition coefficient (Wildman–Crippen LogP) is 3.45. The Morgan fingerprint density at radius 1 is 1.32 bits per heavy atom. The zero-order valence-electron chi connectivity index (χ0n) is 13.4. The van der Waals surface area contributed by atoms with Gasteiger partial charge in [0.25, 0.3) is 5.69 Å². The predicted molar refractivity (Wildman–Crippen MR) is 92.0 cm³/mol. The summed E-state index contributed by atoms with van der Waals surface area (Å²) in [6, 6.07) is 4.65. The van der Waals surface area contributed by atoms with E-state index in [0.29, 0.717) is 16.6 Å². The Balaban J connectivity index is 2.26. The zero-order valence-corrected chi connectivity index (χ0v) is 14.2. The molecule has 128 valence electrons. The van der Waals surface area contributed by atoms with E-state index in [9.17, 15) is 14.9 Å². The lowest BCUT2D eigenvalue weighted by molar-refractivity contribution is -0.384. The number of hydrogen-bond donors (Lipinski definition) is 0. The number of methoxy groups -OCH3 is 1. The molecule has 0 aliphatic heterocycles. The number of carbonyl (C=O) groups is 1. The Labute approximate surface area is 146 Å². The number of rotatable bonds is 5. The number of nitro groups is 1. The van der Waals surface area contributed by atoms with E-state index < -0.39 is 10.9 Å². The van der Waals surface area contributed by atoms with Crippen molar-refractivity contribution in [1.29, 1.82) is 0 Å². The van der Waals surface area contributed by atoms with Crippen LogP contribution in [0.15, 0.2) is 29.0 Å². The molecule has 9 heteroatoms. The van der Waals surface area contributed by atoms with E-state index in [1.54, 1.807) is 24.4 Å². The SMILES string of the molecule is CCOC(=O)c1nc2cc(-c3ccsc3)c([N+](=O)[O-])cc2nc1OC. The molecule has 0 saturated carbocycles. The number of nitrogens with zero attached hydrogens (tertiary/aromatic N) is 3. The van der Waals surface area contributed by atoms with Gasteiger partial charge in [0.15, 0.2) is 0 Å². The van der Waals surface area contributed by atoms with E-state index in [2.05, 4.69) is 9.97 Å². The molecule has 0 atom stereocenters. The maximum atomic E-state index is 12.0. The summed E-state index contributed by atoms with van der Waals surface area (Å²) in [5, 5.41) is 15.1. The van der Waals surface area contributed by atoms with Crippen LogP contribution in [0.25, 0.3) is 22.2 Å². The van der Waals surface area contributed by atoms with Crippen LogP contribution in [-0.4, -0.2) is 34.6 Å². The van der Waals surface area contributed by atoms with Crippen LogP contribution in [-0.2, 0) is 4.74 Å². The Bertz CT molecular complexity index is 956. The highest BCUT2D eigenvalue weighted by atomic mass is 32.1. The van der Waals surface area contributed by atoms with Crippen LogP contribution in [0.3, 0.4) is 0 Å². The molecule has 0 radical (unpaired) electrons. The minimum Gasteiger partial charge on any atom is -0.479 e. The summed E-state index contributed by atoms with van der Waals surface area (Å²) in [7, 11) is 1.34. The molecular formula is C16H13N3O5S. The molecule has 25 heavy (non-hydrogen) atoms. The maximum Gasteiger partial charge on any atom is 0.362 e. The number of hydrogen-bond acceptors (Lipinski definition) is 8. The average Bonchev–Trinajstić information content (AvgIpc) is 3.14. The third kappa shape index (κ3) is 3.13. The van der Waals surface area contributed by atoms with E-state index in [4.69, 9.17) is 9.47 Å². The molecular weight excluding hydrogens is 346 g/mol. The Morgan fingerprint density at radius 2 is 2.08 bits per heavy atom. The molecule has 2 heterocycles. The largest absolute Gasteiger partial charge is 0.479 e. The number of carbonyl (C=O) groups excluding carboxylic acids is 1. The number of ether oxygens (including phenoxy) is 2. The van der Waals surface area contributed by atoms with Crippen molar-refractivity contribution in [2.45, 2.75) is 6.92 Å². The fourth-order valence-electron chi connectivity index (χ4n) is 2.35. The average molecular weight is 359 g/mol. The molecule has 3 aromatic rings. The normalized spacial score (nSPS) is 10.6. The highest BCUT2D eigenvalue weighted by Gasteiger charge is 2.23. The maximum absolute atomic E-state index is 12.0. The molecule has 0 aliphatic rings. The first-order valence-electron chi connectivity index (χ1n) is 7.29. The molecule has 0 spiro atoms. The molecule has 2 aromatic heterocycles. The van der Waals surface area contributed by atoms with Gasteiger partial charge in [-0.3, -0.25) is 10.1 Å². The number of benzene rings is 1. The first kappa shape index (κ1) is 16.8. The molecule has 0 saturated heterocycles. The van der Waals surface area contributed by atoms with Crippen LogP contribution < -0.4 is 4.74 Å². The van der Waals surface area contributed by atoms with Crippen LogP contribution >= 0.6 is 11.3 Å². The summed E-state index contributed by atoms with van der Waals surface area (Å²) in [5.74, 6) is -0.701. The smallest absolute Gasteiger partial charge is 0.362 e. The van der Waals surface area contributed by atoms with Crippen molar-refractivity contribution in [2.75, 3.05) is 13.7 Å². The zero-order chi connectivity index (χ0) is 18.0. The molecule has 0 N–H and O–H groups in total. The van der Waals surface area contributed by atoms with Crippen molar-refractivity contribution in [2.24, 2.45) is 0 Å². The molecule has 0 bridgehead atoms. The first-order chi connectivity index (χ1) is 12.0. The summed E-state index contributed by atoms with van der Waals surface area (Å²) in [6.07, 6.45) is 0. The summed E-state index contributed by atoms with van der Waals surface area (Å²) in [4.78, 5) is 31.4. The summed E-state index contributed by atoms with van der Waals surface area (Å²) >= 11 is 1.43. The number of nitro benzene ring substituents is 1. The van der Waals surface area contributed by atoms with Crippen molar-refractivity contribution in [3.8, 4) is 17.0 Å². The van der Waals surface area contributed by atoms with E-state index in [1.807, 2.05) is 5.38 Å². The molecule has 0 unspecified atom stereocenters. The molecule has 1 aromatic carbocycles. The minimum absolute atomic E-state index is 0.0384. The highest BCUT2D eigenvalue weighted by Crippen LogP contribution is 2.35. The molecule has 0 aliphatic carbocycles.